The van der Waals surface area contributed by atoms with Gasteiger partial charge in [-0.2, -0.15) is 0 Å². The number of amides is 1. The molecule has 1 saturated heterocycles. The molecule has 5 heteroatoms. The van der Waals surface area contributed by atoms with Crippen LogP contribution in [0.4, 0.5) is 0 Å². The fraction of sp³-hybridized carbons (Fsp3) is 0.562. The second kappa shape index (κ2) is 8.64. The van der Waals surface area contributed by atoms with Gasteiger partial charge in [0.1, 0.15) is 5.75 Å². The van der Waals surface area contributed by atoms with E-state index in [0.29, 0.717) is 13.1 Å². The van der Waals surface area contributed by atoms with Crippen LogP contribution in [0.3, 0.4) is 0 Å². The zero-order chi connectivity index (χ0) is 14.9. The van der Waals surface area contributed by atoms with Gasteiger partial charge >= 0.3 is 0 Å². The second-order valence-electron chi connectivity index (χ2n) is 5.21. The number of carbonyl (C=O) groups is 1. The largest absolute Gasteiger partial charge is 0.497 e. The Morgan fingerprint density at radius 3 is 2.86 bits per heavy atom. The lowest BCUT2D eigenvalue weighted by Crippen LogP contribution is -2.37. The van der Waals surface area contributed by atoms with Crippen molar-refractivity contribution in [1.82, 2.24) is 10.6 Å². The molecule has 0 radical (unpaired) electrons. The first-order valence-corrected chi connectivity index (χ1v) is 7.50. The maximum atomic E-state index is 11.7. The van der Waals surface area contributed by atoms with Crippen molar-refractivity contribution >= 4 is 5.91 Å². The molecule has 1 aliphatic heterocycles. The van der Waals surface area contributed by atoms with Gasteiger partial charge in [0.2, 0.25) is 5.91 Å². The van der Waals surface area contributed by atoms with Crippen LogP contribution in [0.5, 0.6) is 5.75 Å². The lowest BCUT2D eigenvalue weighted by Gasteiger charge is -2.11. The van der Waals surface area contributed by atoms with Gasteiger partial charge in [-0.25, -0.2) is 0 Å². The molecule has 116 valence electrons. The Labute approximate surface area is 126 Å². The molecule has 1 atom stereocenters. The van der Waals surface area contributed by atoms with Gasteiger partial charge < -0.3 is 20.1 Å². The predicted molar refractivity (Wildman–Crippen MR) is 81.6 cm³/mol. The van der Waals surface area contributed by atoms with Gasteiger partial charge in [-0.3, -0.25) is 4.79 Å². The molecule has 1 aromatic carbocycles. The molecule has 0 saturated carbocycles. The highest BCUT2D eigenvalue weighted by Gasteiger charge is 2.14. The van der Waals surface area contributed by atoms with Crippen molar-refractivity contribution in [3.8, 4) is 5.75 Å². The summed E-state index contributed by atoms with van der Waals surface area (Å²) in [6.07, 6.45) is 3.31. The first kappa shape index (κ1) is 15.8. The zero-order valence-corrected chi connectivity index (χ0v) is 12.6. The number of nitrogens with one attached hydrogen (secondary N) is 2. The number of hydrogen-bond donors (Lipinski definition) is 2. The average molecular weight is 292 g/mol. The van der Waals surface area contributed by atoms with Crippen molar-refractivity contribution in [2.24, 2.45) is 0 Å². The molecule has 1 aromatic rings. The third-order valence-corrected chi connectivity index (χ3v) is 3.58. The molecule has 5 nitrogen and oxygen atoms in total. The van der Waals surface area contributed by atoms with Crippen molar-refractivity contribution in [3.63, 3.8) is 0 Å². The van der Waals surface area contributed by atoms with Crippen LogP contribution in [-0.4, -0.2) is 45.4 Å². The third kappa shape index (κ3) is 5.73. The summed E-state index contributed by atoms with van der Waals surface area (Å²) in [7, 11) is 1.65. The lowest BCUT2D eigenvalue weighted by atomic mass is 10.1. The Kier molecular flexibility index (Phi) is 6.50. The van der Waals surface area contributed by atoms with Crippen LogP contribution in [0.1, 0.15) is 18.4 Å². The SMILES string of the molecule is COc1ccc(CCNC(=O)CNCC2CCCO2)cc1. The van der Waals surface area contributed by atoms with Gasteiger partial charge in [-0.15, -0.1) is 0 Å². The van der Waals surface area contributed by atoms with Crippen molar-refractivity contribution < 1.29 is 14.3 Å². The Morgan fingerprint density at radius 1 is 1.38 bits per heavy atom. The summed E-state index contributed by atoms with van der Waals surface area (Å²) in [5.41, 5.74) is 1.18. The zero-order valence-electron chi connectivity index (χ0n) is 12.6. The number of methoxy groups -OCH3 is 1. The first-order chi connectivity index (χ1) is 10.3. The molecule has 1 aliphatic rings. The van der Waals surface area contributed by atoms with E-state index in [-0.39, 0.29) is 12.0 Å². The molecule has 1 heterocycles. The van der Waals surface area contributed by atoms with Crippen LogP contribution >= 0.6 is 0 Å². The van der Waals surface area contributed by atoms with E-state index in [9.17, 15) is 4.79 Å². The van der Waals surface area contributed by atoms with Gasteiger partial charge in [-0.05, 0) is 37.0 Å². The highest BCUT2D eigenvalue weighted by molar-refractivity contribution is 5.77. The molecule has 0 aromatic heterocycles. The Bertz CT molecular complexity index is 428. The second-order valence-corrected chi connectivity index (χ2v) is 5.21. The minimum atomic E-state index is 0.0292. The van der Waals surface area contributed by atoms with E-state index in [4.69, 9.17) is 9.47 Å². The molecule has 2 rings (SSSR count). The molecule has 0 bridgehead atoms. The maximum Gasteiger partial charge on any atom is 0.233 e. The van der Waals surface area contributed by atoms with E-state index in [2.05, 4.69) is 10.6 Å². The molecule has 0 spiro atoms. The topological polar surface area (TPSA) is 59.6 Å². The van der Waals surface area contributed by atoms with Gasteiger partial charge in [0, 0.05) is 19.7 Å². The summed E-state index contributed by atoms with van der Waals surface area (Å²) < 4.78 is 10.6. The van der Waals surface area contributed by atoms with Crippen LogP contribution in [0.2, 0.25) is 0 Å². The maximum absolute atomic E-state index is 11.7. The average Bonchev–Trinajstić information content (AvgIpc) is 3.01. The molecule has 0 aliphatic carbocycles. The Morgan fingerprint density at radius 2 is 2.19 bits per heavy atom. The smallest absolute Gasteiger partial charge is 0.233 e. The van der Waals surface area contributed by atoms with Crippen LogP contribution in [0, 0.1) is 0 Å². The number of ether oxygens (including phenoxy) is 2. The molecular formula is C16H24N2O3. The molecular weight excluding hydrogens is 268 g/mol. The molecule has 1 unspecified atom stereocenters. The summed E-state index contributed by atoms with van der Waals surface area (Å²) in [4.78, 5) is 11.7. The molecule has 1 amide bonds. The number of hydrogen-bond acceptors (Lipinski definition) is 4. The van der Waals surface area contributed by atoms with Gasteiger partial charge in [0.05, 0.1) is 19.8 Å². The Hall–Kier alpha value is -1.59. The van der Waals surface area contributed by atoms with E-state index in [1.54, 1.807) is 7.11 Å². The fourth-order valence-electron chi connectivity index (χ4n) is 2.35. The van der Waals surface area contributed by atoms with Gasteiger partial charge in [0.25, 0.3) is 0 Å². The van der Waals surface area contributed by atoms with E-state index in [1.165, 1.54) is 5.56 Å². The lowest BCUT2D eigenvalue weighted by molar-refractivity contribution is -0.120. The molecule has 1 fully saturated rings. The number of rotatable bonds is 8. The minimum absolute atomic E-state index is 0.0292. The highest BCUT2D eigenvalue weighted by atomic mass is 16.5. The molecule has 21 heavy (non-hydrogen) atoms. The Balaban J connectivity index is 1.55. The number of benzene rings is 1. The minimum Gasteiger partial charge on any atom is -0.497 e. The third-order valence-electron chi connectivity index (χ3n) is 3.58. The van der Waals surface area contributed by atoms with Crippen LogP contribution in [0.25, 0.3) is 0 Å². The standard InChI is InChI=1S/C16H24N2O3/c1-20-14-6-4-13(5-7-14)8-9-18-16(19)12-17-11-15-3-2-10-21-15/h4-7,15,17H,2-3,8-12H2,1H3,(H,18,19). The van der Waals surface area contributed by atoms with Crippen molar-refractivity contribution in [1.29, 1.82) is 0 Å². The summed E-state index contributed by atoms with van der Waals surface area (Å²) in [5, 5.41) is 6.05. The van der Waals surface area contributed by atoms with E-state index in [1.807, 2.05) is 24.3 Å². The van der Waals surface area contributed by atoms with E-state index < -0.39 is 0 Å². The van der Waals surface area contributed by atoms with E-state index in [0.717, 1.165) is 38.2 Å². The molecule has 2 N–H and O–H groups in total. The number of carbonyl (C=O) groups excluding carboxylic acids is 1. The quantitative estimate of drug-likeness (QED) is 0.754. The highest BCUT2D eigenvalue weighted by Crippen LogP contribution is 2.11. The summed E-state index contributed by atoms with van der Waals surface area (Å²) in [5.74, 6) is 0.877. The van der Waals surface area contributed by atoms with Gasteiger partial charge in [0.15, 0.2) is 0 Å². The normalized spacial score (nSPS) is 17.7. The van der Waals surface area contributed by atoms with E-state index >= 15 is 0 Å². The van der Waals surface area contributed by atoms with Crippen LogP contribution in [0.15, 0.2) is 24.3 Å². The van der Waals surface area contributed by atoms with Crippen molar-refractivity contribution in [3.05, 3.63) is 29.8 Å². The predicted octanol–water partition coefficient (Wildman–Crippen LogP) is 1.12. The fourth-order valence-corrected chi connectivity index (χ4v) is 2.35. The summed E-state index contributed by atoms with van der Waals surface area (Å²) >= 11 is 0. The summed E-state index contributed by atoms with van der Waals surface area (Å²) in [6, 6.07) is 7.89. The van der Waals surface area contributed by atoms with Crippen LogP contribution < -0.4 is 15.4 Å². The summed E-state index contributed by atoms with van der Waals surface area (Å²) in [6.45, 7) is 2.60. The monoisotopic (exact) mass is 292 g/mol. The van der Waals surface area contributed by atoms with Crippen molar-refractivity contribution in [2.45, 2.75) is 25.4 Å². The van der Waals surface area contributed by atoms with Crippen molar-refractivity contribution in [2.75, 3.05) is 33.4 Å². The van der Waals surface area contributed by atoms with Crippen LogP contribution in [-0.2, 0) is 16.0 Å². The first-order valence-electron chi connectivity index (χ1n) is 7.50. The van der Waals surface area contributed by atoms with Gasteiger partial charge in [-0.1, -0.05) is 12.1 Å².